The highest BCUT2D eigenvalue weighted by atomic mass is 79.9. The highest BCUT2D eigenvalue weighted by molar-refractivity contribution is 9.10. The van der Waals surface area contributed by atoms with Crippen LogP contribution >= 0.6 is 15.9 Å². The van der Waals surface area contributed by atoms with E-state index in [2.05, 4.69) is 36.8 Å². The molecular weight excluding hydrogens is 692 g/mol. The number of carbonyl (C=O) groups is 1. The summed E-state index contributed by atoms with van der Waals surface area (Å²) in [7, 11) is 3.14. The van der Waals surface area contributed by atoms with Gasteiger partial charge in [0.2, 0.25) is 5.90 Å². The zero-order chi connectivity index (χ0) is 34.6. The third kappa shape index (κ3) is 8.33. The number of ether oxygens (including phenoxy) is 4. The molecule has 4 aromatic carbocycles. The van der Waals surface area contributed by atoms with Crippen molar-refractivity contribution in [2.45, 2.75) is 37.6 Å². The Hall–Kier alpha value is -5.07. The number of aliphatic hydroxyl groups is 1. The summed E-state index contributed by atoms with van der Waals surface area (Å²) in [5.41, 5.74) is 17.3. The predicted molar refractivity (Wildman–Crippen MR) is 188 cm³/mol. The second-order valence-electron chi connectivity index (χ2n) is 11.1. The van der Waals surface area contributed by atoms with Crippen LogP contribution in [0.5, 0.6) is 17.2 Å². The van der Waals surface area contributed by atoms with Crippen LogP contribution in [-0.4, -0.2) is 49.9 Å². The van der Waals surface area contributed by atoms with Crippen LogP contribution in [0.2, 0.25) is 0 Å². The molecule has 2 atom stereocenters. The lowest BCUT2D eigenvalue weighted by Gasteiger charge is -2.32. The molecular formula is C36H37BrN6O6. The van der Waals surface area contributed by atoms with E-state index in [1.165, 1.54) is 0 Å². The summed E-state index contributed by atoms with van der Waals surface area (Å²) in [4.78, 5) is 22.7. The first-order chi connectivity index (χ1) is 23.9. The standard InChI is InChI=1S/C36H37BrN6O6/c1-46-31-17-12-24(20-32(31)47-2)22-39-42-35(45)36(21-26-8-3-4-9-27(26)23-40-43-38)33(29-10-5-6-11-30(29)37)49-34(41-36)25-13-15-28(16-14-25)48-19-7-18-44/h3-6,8-17,20,33,39,44H,7,18-19,21-23H2,1-2H3,(H,42,45)/t33-,36-/m0/s1. The summed E-state index contributed by atoms with van der Waals surface area (Å²) in [5.74, 6) is 1.66. The first-order valence-electron chi connectivity index (χ1n) is 15.6. The molecule has 1 aliphatic rings. The van der Waals surface area contributed by atoms with Crippen molar-refractivity contribution >= 4 is 27.7 Å². The van der Waals surface area contributed by atoms with E-state index in [0.29, 0.717) is 35.8 Å². The summed E-state index contributed by atoms with van der Waals surface area (Å²) in [6, 6.07) is 27.8. The maximum atomic E-state index is 14.6. The van der Waals surface area contributed by atoms with Crippen molar-refractivity contribution < 1.29 is 28.8 Å². The van der Waals surface area contributed by atoms with E-state index in [-0.39, 0.29) is 32.0 Å². The fraction of sp³-hybridized carbons (Fsp3) is 0.278. The van der Waals surface area contributed by atoms with Crippen molar-refractivity contribution in [2.75, 3.05) is 27.4 Å². The van der Waals surface area contributed by atoms with Crippen molar-refractivity contribution in [3.05, 3.63) is 134 Å². The number of aliphatic imine (C=N–C) groups is 1. The Bertz CT molecular complexity index is 1830. The van der Waals surface area contributed by atoms with Crippen molar-refractivity contribution in [1.82, 2.24) is 10.9 Å². The molecule has 13 heteroatoms. The Morgan fingerprint density at radius 2 is 1.76 bits per heavy atom. The molecule has 0 saturated carbocycles. The van der Waals surface area contributed by atoms with Gasteiger partial charge in [0.05, 0.1) is 27.4 Å². The molecule has 12 nitrogen and oxygen atoms in total. The number of hydrazine groups is 1. The fourth-order valence-electron chi connectivity index (χ4n) is 5.55. The molecule has 0 spiro atoms. The lowest BCUT2D eigenvalue weighted by atomic mass is 9.81. The number of amides is 1. The number of hydrogen-bond donors (Lipinski definition) is 3. The number of carbonyl (C=O) groups excluding carboxylic acids is 1. The van der Waals surface area contributed by atoms with Crippen LogP contribution in [-0.2, 0) is 29.0 Å². The van der Waals surface area contributed by atoms with Gasteiger partial charge in [-0.2, -0.15) is 0 Å². The quantitative estimate of drug-likeness (QED) is 0.0398. The molecule has 1 aliphatic heterocycles. The van der Waals surface area contributed by atoms with E-state index in [9.17, 15) is 4.79 Å². The monoisotopic (exact) mass is 728 g/mol. The zero-order valence-corrected chi connectivity index (χ0v) is 28.7. The second kappa shape index (κ2) is 16.8. The maximum Gasteiger partial charge on any atom is 0.266 e. The number of rotatable bonds is 16. The Balaban J connectivity index is 1.55. The van der Waals surface area contributed by atoms with E-state index < -0.39 is 17.6 Å². The predicted octanol–water partition coefficient (Wildman–Crippen LogP) is 6.36. The Morgan fingerprint density at radius 3 is 2.47 bits per heavy atom. The van der Waals surface area contributed by atoms with Crippen LogP contribution in [0.15, 0.2) is 106 Å². The molecule has 0 aliphatic carbocycles. The van der Waals surface area contributed by atoms with Crippen LogP contribution in [0.1, 0.15) is 40.3 Å². The number of azide groups is 1. The van der Waals surface area contributed by atoms with Crippen LogP contribution < -0.4 is 25.1 Å². The highest BCUT2D eigenvalue weighted by Crippen LogP contribution is 2.45. The van der Waals surface area contributed by atoms with Crippen LogP contribution in [0.4, 0.5) is 0 Å². The Morgan fingerprint density at radius 1 is 1.02 bits per heavy atom. The van der Waals surface area contributed by atoms with E-state index in [1.807, 2.05) is 72.8 Å². The number of nitrogens with one attached hydrogen (secondary N) is 2. The minimum atomic E-state index is -1.51. The third-order valence-electron chi connectivity index (χ3n) is 8.04. The normalized spacial score (nSPS) is 16.6. The minimum absolute atomic E-state index is 0.0401. The molecule has 0 aromatic heterocycles. The first kappa shape index (κ1) is 35.2. The van der Waals surface area contributed by atoms with Crippen LogP contribution in [0, 0.1) is 0 Å². The van der Waals surface area contributed by atoms with Gasteiger partial charge >= 0.3 is 0 Å². The van der Waals surface area contributed by atoms with Gasteiger partial charge in [-0.15, -0.1) is 0 Å². The number of nitrogens with zero attached hydrogens (tertiary/aromatic N) is 4. The molecule has 1 heterocycles. The minimum Gasteiger partial charge on any atom is -0.494 e. The molecule has 3 N–H and O–H groups in total. The summed E-state index contributed by atoms with van der Waals surface area (Å²) in [6.07, 6.45) is -0.204. The topological polar surface area (TPSA) is 159 Å². The lowest BCUT2D eigenvalue weighted by Crippen LogP contribution is -2.53. The third-order valence-corrected chi connectivity index (χ3v) is 8.76. The van der Waals surface area contributed by atoms with Crippen molar-refractivity contribution in [1.29, 1.82) is 0 Å². The lowest BCUT2D eigenvalue weighted by molar-refractivity contribution is -0.130. The van der Waals surface area contributed by atoms with Gasteiger partial charge in [-0.25, -0.2) is 10.4 Å². The Labute approximate surface area is 292 Å². The number of aliphatic hydroxyl groups excluding tert-OH is 1. The number of benzene rings is 4. The van der Waals surface area contributed by atoms with Gasteiger partial charge in [-0.05, 0) is 64.7 Å². The number of hydrogen-bond acceptors (Lipinski definition) is 9. The molecule has 1 amide bonds. The molecule has 49 heavy (non-hydrogen) atoms. The van der Waals surface area contributed by atoms with Crippen LogP contribution in [0.25, 0.3) is 10.4 Å². The molecule has 5 rings (SSSR count). The van der Waals surface area contributed by atoms with Gasteiger partial charge in [-0.3, -0.25) is 10.2 Å². The summed E-state index contributed by atoms with van der Waals surface area (Å²) in [5, 5.41) is 12.9. The first-order valence-corrected chi connectivity index (χ1v) is 16.4. The van der Waals surface area contributed by atoms with Crippen molar-refractivity contribution in [3.63, 3.8) is 0 Å². The van der Waals surface area contributed by atoms with Gasteiger partial charge in [0.1, 0.15) is 5.75 Å². The molecule has 254 valence electrons. The van der Waals surface area contributed by atoms with E-state index >= 15 is 0 Å². The SMILES string of the molecule is COc1ccc(CNNC(=O)[C@@]2(Cc3ccccc3CN=[N+]=[N-])N=C(c3ccc(OCCCO)cc3)O[C@H]2c2ccccc2Br)cc1OC. The Kier molecular flexibility index (Phi) is 12.1. The second-order valence-corrected chi connectivity index (χ2v) is 12.0. The molecule has 0 fully saturated rings. The van der Waals surface area contributed by atoms with Crippen molar-refractivity contribution in [2.24, 2.45) is 10.1 Å². The average molecular weight is 730 g/mol. The summed E-state index contributed by atoms with van der Waals surface area (Å²) in [6.45, 7) is 0.812. The maximum absolute atomic E-state index is 14.6. The van der Waals surface area contributed by atoms with Gasteiger partial charge in [0.15, 0.2) is 23.1 Å². The van der Waals surface area contributed by atoms with E-state index in [4.69, 9.17) is 34.6 Å². The largest absolute Gasteiger partial charge is 0.494 e. The fourth-order valence-corrected chi connectivity index (χ4v) is 6.05. The van der Waals surface area contributed by atoms with E-state index in [1.54, 1.807) is 32.4 Å². The van der Waals surface area contributed by atoms with E-state index in [0.717, 1.165) is 26.7 Å². The van der Waals surface area contributed by atoms with Gasteiger partial charge in [-0.1, -0.05) is 69.6 Å². The molecule has 0 radical (unpaired) electrons. The average Bonchev–Trinajstić information content (AvgIpc) is 3.51. The number of methoxy groups -OCH3 is 2. The van der Waals surface area contributed by atoms with Crippen molar-refractivity contribution in [3.8, 4) is 17.2 Å². The molecule has 0 unspecified atom stereocenters. The highest BCUT2D eigenvalue weighted by Gasteiger charge is 2.54. The molecule has 0 saturated heterocycles. The number of halogens is 1. The molecule has 4 aromatic rings. The zero-order valence-electron chi connectivity index (χ0n) is 27.1. The summed E-state index contributed by atoms with van der Waals surface area (Å²) < 4.78 is 23.9. The van der Waals surface area contributed by atoms with Crippen LogP contribution in [0.3, 0.4) is 0 Å². The smallest absolute Gasteiger partial charge is 0.266 e. The molecule has 0 bridgehead atoms. The summed E-state index contributed by atoms with van der Waals surface area (Å²) >= 11 is 3.68. The van der Waals surface area contributed by atoms with Gasteiger partial charge in [0.25, 0.3) is 5.91 Å². The van der Waals surface area contributed by atoms with Gasteiger partial charge in [0, 0.05) is 46.5 Å². The van der Waals surface area contributed by atoms with Gasteiger partial charge < -0.3 is 24.1 Å².